The average molecular weight is 543 g/mol. The molecule has 1 aromatic heterocycles. The predicted octanol–water partition coefficient (Wildman–Crippen LogP) is 3.14. The highest BCUT2D eigenvalue weighted by atomic mass is 127. The molecule has 8 nitrogen and oxygen atoms in total. The molecule has 2 N–H and O–H groups in total. The topological polar surface area (TPSA) is 92.0 Å². The van der Waals surface area contributed by atoms with Crippen molar-refractivity contribution in [1.82, 2.24) is 20.7 Å². The molecular formula is C22H34IN5O3. The maximum atomic E-state index is 11.7. The molecule has 0 atom stereocenters. The fourth-order valence-corrected chi connectivity index (χ4v) is 2.83. The third-order valence-electron chi connectivity index (χ3n) is 4.56. The van der Waals surface area contributed by atoms with Crippen LogP contribution in [0.2, 0.25) is 0 Å². The summed E-state index contributed by atoms with van der Waals surface area (Å²) in [6.07, 6.45) is 1.64. The molecule has 2 aromatic rings. The maximum Gasteiger partial charge on any atom is 0.259 e. The van der Waals surface area contributed by atoms with Crippen LogP contribution in [0, 0.1) is 0 Å². The highest BCUT2D eigenvalue weighted by molar-refractivity contribution is 14.0. The quantitative estimate of drug-likeness (QED) is 0.272. The standard InChI is InChI=1S/C22H33N5O3.HI/c1-6-19-18(20(7-2)30-26-19)14-25-22(23-8-3)24-13-16-10-9-11-17(12-16)29-15-21(28)27(4)5;/h9-12H,6-8,13-15H2,1-5H3,(H2,23,24,25);1H. The Balaban J connectivity index is 0.00000480. The normalized spacial score (nSPS) is 10.9. The van der Waals surface area contributed by atoms with Gasteiger partial charge in [0.25, 0.3) is 5.91 Å². The number of amides is 1. The number of aromatic nitrogens is 1. The van der Waals surface area contributed by atoms with E-state index in [1.165, 1.54) is 4.90 Å². The Morgan fingerprint density at radius 2 is 1.97 bits per heavy atom. The summed E-state index contributed by atoms with van der Waals surface area (Å²) in [5, 5.41) is 10.8. The number of rotatable bonds is 10. The van der Waals surface area contributed by atoms with Gasteiger partial charge in [0.2, 0.25) is 0 Å². The molecule has 1 heterocycles. The second-order valence-electron chi connectivity index (χ2n) is 7.01. The van der Waals surface area contributed by atoms with Gasteiger partial charge in [0.15, 0.2) is 12.6 Å². The largest absolute Gasteiger partial charge is 0.484 e. The molecule has 172 valence electrons. The Hall–Kier alpha value is -2.30. The van der Waals surface area contributed by atoms with E-state index in [0.29, 0.717) is 18.8 Å². The highest BCUT2D eigenvalue weighted by Crippen LogP contribution is 2.16. The summed E-state index contributed by atoms with van der Waals surface area (Å²) in [5.41, 5.74) is 3.08. The minimum Gasteiger partial charge on any atom is -0.484 e. The van der Waals surface area contributed by atoms with Crippen molar-refractivity contribution < 1.29 is 14.1 Å². The van der Waals surface area contributed by atoms with Gasteiger partial charge in [0.05, 0.1) is 12.2 Å². The Bertz CT molecular complexity index is 830. The summed E-state index contributed by atoms with van der Waals surface area (Å²) in [6, 6.07) is 7.63. The van der Waals surface area contributed by atoms with E-state index in [9.17, 15) is 4.79 Å². The first-order chi connectivity index (χ1) is 14.5. The zero-order chi connectivity index (χ0) is 21.9. The molecule has 0 aliphatic rings. The third-order valence-corrected chi connectivity index (χ3v) is 4.56. The molecule has 0 aliphatic heterocycles. The Labute approximate surface area is 201 Å². The molecule has 0 saturated heterocycles. The lowest BCUT2D eigenvalue weighted by molar-refractivity contribution is -0.130. The molecule has 31 heavy (non-hydrogen) atoms. The van der Waals surface area contributed by atoms with Crippen LogP contribution in [0.3, 0.4) is 0 Å². The van der Waals surface area contributed by atoms with Crippen molar-refractivity contribution in [3.05, 3.63) is 46.8 Å². The second kappa shape index (κ2) is 13.9. The molecule has 2 rings (SSSR count). The van der Waals surface area contributed by atoms with E-state index in [2.05, 4.69) is 34.6 Å². The van der Waals surface area contributed by atoms with Crippen LogP contribution < -0.4 is 15.4 Å². The summed E-state index contributed by atoms with van der Waals surface area (Å²) in [5.74, 6) is 2.20. The fraction of sp³-hybridized carbons (Fsp3) is 0.500. The van der Waals surface area contributed by atoms with Crippen molar-refractivity contribution in [2.24, 2.45) is 4.99 Å². The third kappa shape index (κ3) is 8.39. The minimum atomic E-state index is -0.0799. The molecule has 0 radical (unpaired) electrons. The van der Waals surface area contributed by atoms with E-state index in [4.69, 9.17) is 9.26 Å². The zero-order valence-corrected chi connectivity index (χ0v) is 21.4. The molecule has 0 bridgehead atoms. The van der Waals surface area contributed by atoms with Crippen molar-refractivity contribution in [3.8, 4) is 5.75 Å². The van der Waals surface area contributed by atoms with Gasteiger partial charge < -0.3 is 24.8 Å². The Morgan fingerprint density at radius 1 is 1.19 bits per heavy atom. The second-order valence-corrected chi connectivity index (χ2v) is 7.01. The fourth-order valence-electron chi connectivity index (χ4n) is 2.83. The van der Waals surface area contributed by atoms with Gasteiger partial charge >= 0.3 is 0 Å². The number of carbonyl (C=O) groups excluding carboxylic acids is 1. The summed E-state index contributed by atoms with van der Waals surface area (Å²) in [4.78, 5) is 17.9. The van der Waals surface area contributed by atoms with E-state index in [1.54, 1.807) is 14.1 Å². The van der Waals surface area contributed by atoms with E-state index in [-0.39, 0.29) is 36.5 Å². The molecule has 0 unspecified atom stereocenters. The molecule has 0 fully saturated rings. The zero-order valence-electron chi connectivity index (χ0n) is 19.0. The lowest BCUT2D eigenvalue weighted by Crippen LogP contribution is -2.37. The molecule has 0 saturated carbocycles. The molecule has 1 amide bonds. The highest BCUT2D eigenvalue weighted by Gasteiger charge is 2.13. The van der Waals surface area contributed by atoms with Gasteiger partial charge in [-0.25, -0.2) is 4.99 Å². The van der Waals surface area contributed by atoms with Crippen molar-refractivity contribution in [3.63, 3.8) is 0 Å². The summed E-state index contributed by atoms with van der Waals surface area (Å²) in [6.45, 7) is 8.03. The number of aliphatic imine (C=N–C) groups is 1. The molecular weight excluding hydrogens is 509 g/mol. The predicted molar refractivity (Wildman–Crippen MR) is 133 cm³/mol. The Kier molecular flexibility index (Phi) is 12.0. The molecule has 0 aliphatic carbocycles. The first-order valence-corrected chi connectivity index (χ1v) is 10.4. The number of carbonyl (C=O) groups is 1. The molecule has 0 spiro atoms. The molecule has 9 heteroatoms. The Morgan fingerprint density at radius 3 is 2.61 bits per heavy atom. The van der Waals surface area contributed by atoms with E-state index < -0.39 is 0 Å². The van der Waals surface area contributed by atoms with Crippen LogP contribution in [0.5, 0.6) is 5.75 Å². The lowest BCUT2D eigenvalue weighted by atomic mass is 10.1. The summed E-state index contributed by atoms with van der Waals surface area (Å²) >= 11 is 0. The van der Waals surface area contributed by atoms with Crippen molar-refractivity contribution in [1.29, 1.82) is 0 Å². The van der Waals surface area contributed by atoms with E-state index in [0.717, 1.165) is 47.9 Å². The van der Waals surface area contributed by atoms with Crippen LogP contribution in [0.1, 0.15) is 43.4 Å². The van der Waals surface area contributed by atoms with Crippen molar-refractivity contribution >= 4 is 35.8 Å². The number of nitrogens with zero attached hydrogens (tertiary/aromatic N) is 3. The molecule has 1 aromatic carbocycles. The van der Waals surface area contributed by atoms with Gasteiger partial charge in [0, 0.05) is 39.2 Å². The number of guanidine groups is 1. The van der Waals surface area contributed by atoms with Crippen LogP contribution in [0.15, 0.2) is 33.8 Å². The number of benzene rings is 1. The summed E-state index contributed by atoms with van der Waals surface area (Å²) < 4.78 is 11.0. The smallest absolute Gasteiger partial charge is 0.259 e. The van der Waals surface area contributed by atoms with Crippen LogP contribution in [-0.4, -0.2) is 49.2 Å². The average Bonchev–Trinajstić information content (AvgIpc) is 3.16. The number of aryl methyl sites for hydroxylation is 2. The first kappa shape index (κ1) is 26.7. The van der Waals surface area contributed by atoms with Gasteiger partial charge in [-0.2, -0.15) is 0 Å². The number of hydrogen-bond donors (Lipinski definition) is 2. The maximum absolute atomic E-state index is 11.7. The SMILES string of the molecule is CCNC(=NCc1cccc(OCC(=O)N(C)C)c1)NCc1c(CC)noc1CC.I. The van der Waals surface area contributed by atoms with Crippen LogP contribution >= 0.6 is 24.0 Å². The number of hydrogen-bond acceptors (Lipinski definition) is 5. The van der Waals surface area contributed by atoms with Crippen LogP contribution in [0.25, 0.3) is 0 Å². The van der Waals surface area contributed by atoms with Crippen LogP contribution in [-0.2, 0) is 30.7 Å². The van der Waals surface area contributed by atoms with Crippen LogP contribution in [0.4, 0.5) is 0 Å². The monoisotopic (exact) mass is 543 g/mol. The minimum absolute atomic E-state index is 0. The number of likely N-dealkylation sites (N-methyl/N-ethyl adjacent to an activating group) is 1. The van der Waals surface area contributed by atoms with Crippen molar-refractivity contribution in [2.45, 2.75) is 46.7 Å². The van der Waals surface area contributed by atoms with Gasteiger partial charge in [-0.1, -0.05) is 31.1 Å². The van der Waals surface area contributed by atoms with Gasteiger partial charge in [-0.05, 0) is 31.0 Å². The number of ether oxygens (including phenoxy) is 1. The number of halogens is 1. The first-order valence-electron chi connectivity index (χ1n) is 10.4. The number of nitrogens with one attached hydrogen (secondary N) is 2. The van der Waals surface area contributed by atoms with Gasteiger partial charge in [-0.3, -0.25) is 4.79 Å². The van der Waals surface area contributed by atoms with E-state index in [1.807, 2.05) is 31.2 Å². The lowest BCUT2D eigenvalue weighted by Gasteiger charge is -2.13. The summed E-state index contributed by atoms with van der Waals surface area (Å²) in [7, 11) is 3.41. The van der Waals surface area contributed by atoms with Gasteiger partial charge in [-0.15, -0.1) is 24.0 Å². The van der Waals surface area contributed by atoms with E-state index >= 15 is 0 Å². The van der Waals surface area contributed by atoms with Gasteiger partial charge in [0.1, 0.15) is 11.5 Å². The van der Waals surface area contributed by atoms with Crippen molar-refractivity contribution in [2.75, 3.05) is 27.2 Å².